The first kappa shape index (κ1) is 14.5. The molecule has 19 heavy (non-hydrogen) atoms. The highest BCUT2D eigenvalue weighted by molar-refractivity contribution is 7.12. The molecule has 0 saturated carbocycles. The van der Waals surface area contributed by atoms with Crippen molar-refractivity contribution >= 4 is 22.9 Å². The molecule has 0 saturated heterocycles. The van der Waals surface area contributed by atoms with Gasteiger partial charge in [-0.25, -0.2) is 0 Å². The number of benzene rings is 1. The lowest BCUT2D eigenvalue weighted by Gasteiger charge is -2.16. The molecule has 1 heterocycles. The number of hydrogen-bond donors (Lipinski definition) is 1. The van der Waals surface area contributed by atoms with Gasteiger partial charge in [0, 0.05) is 34.4 Å². The van der Waals surface area contributed by atoms with Gasteiger partial charge in [-0.3, -0.25) is 4.90 Å². The standard InChI is InChI=1S/C15H19ClN2S/c1-11-13(7-15(8-17)19-11)10-18(2)9-12-3-5-14(16)6-4-12/h3-7H,8-10,17H2,1-2H3. The zero-order chi connectivity index (χ0) is 13.8. The minimum absolute atomic E-state index is 0.631. The number of thiophene rings is 1. The third-order valence-corrected chi connectivity index (χ3v) is 4.45. The van der Waals surface area contributed by atoms with E-state index in [2.05, 4.69) is 37.1 Å². The van der Waals surface area contributed by atoms with Gasteiger partial charge in [0.05, 0.1) is 0 Å². The lowest BCUT2D eigenvalue weighted by Crippen LogP contribution is -2.17. The Labute approximate surface area is 123 Å². The second-order valence-corrected chi connectivity index (χ2v) is 6.57. The fraction of sp³-hybridized carbons (Fsp3) is 0.333. The number of hydrogen-bond acceptors (Lipinski definition) is 3. The van der Waals surface area contributed by atoms with Gasteiger partial charge in [-0.15, -0.1) is 11.3 Å². The van der Waals surface area contributed by atoms with Gasteiger partial charge in [0.15, 0.2) is 0 Å². The average molecular weight is 295 g/mol. The summed E-state index contributed by atoms with van der Waals surface area (Å²) in [5.74, 6) is 0. The molecule has 0 aliphatic carbocycles. The van der Waals surface area contributed by atoms with Crippen LogP contribution in [0.2, 0.25) is 5.02 Å². The van der Waals surface area contributed by atoms with Crippen molar-refractivity contribution in [2.75, 3.05) is 7.05 Å². The van der Waals surface area contributed by atoms with Crippen LogP contribution < -0.4 is 5.73 Å². The van der Waals surface area contributed by atoms with Crippen molar-refractivity contribution in [1.82, 2.24) is 4.90 Å². The maximum Gasteiger partial charge on any atom is 0.0406 e. The van der Waals surface area contributed by atoms with Crippen molar-refractivity contribution in [3.63, 3.8) is 0 Å². The van der Waals surface area contributed by atoms with E-state index in [0.29, 0.717) is 6.54 Å². The zero-order valence-electron chi connectivity index (χ0n) is 11.3. The Balaban J connectivity index is 1.98. The maximum absolute atomic E-state index is 5.89. The van der Waals surface area contributed by atoms with Gasteiger partial charge < -0.3 is 5.73 Å². The Morgan fingerprint density at radius 1 is 1.21 bits per heavy atom. The van der Waals surface area contributed by atoms with Crippen molar-refractivity contribution in [2.24, 2.45) is 5.73 Å². The molecule has 0 amide bonds. The molecule has 0 unspecified atom stereocenters. The van der Waals surface area contributed by atoms with Crippen LogP contribution in [0.25, 0.3) is 0 Å². The predicted octanol–water partition coefficient (Wildman–Crippen LogP) is 3.80. The average Bonchev–Trinajstić information content (AvgIpc) is 2.73. The highest BCUT2D eigenvalue weighted by Crippen LogP contribution is 2.22. The third kappa shape index (κ3) is 4.05. The van der Waals surface area contributed by atoms with Crippen LogP contribution in [0.15, 0.2) is 30.3 Å². The molecule has 0 atom stereocenters. The molecule has 1 aromatic heterocycles. The Kier molecular flexibility index (Phi) is 4.99. The second-order valence-electron chi connectivity index (χ2n) is 4.80. The van der Waals surface area contributed by atoms with Crippen LogP contribution in [-0.2, 0) is 19.6 Å². The van der Waals surface area contributed by atoms with Crippen LogP contribution in [-0.4, -0.2) is 11.9 Å². The number of halogens is 1. The van der Waals surface area contributed by atoms with Gasteiger partial charge in [0.25, 0.3) is 0 Å². The van der Waals surface area contributed by atoms with Gasteiger partial charge in [0.2, 0.25) is 0 Å². The van der Waals surface area contributed by atoms with Crippen molar-refractivity contribution in [3.8, 4) is 0 Å². The molecule has 4 heteroatoms. The van der Waals surface area contributed by atoms with E-state index in [0.717, 1.165) is 18.1 Å². The molecular formula is C15H19ClN2S. The Hall–Kier alpha value is -0.870. The number of rotatable bonds is 5. The number of aryl methyl sites for hydroxylation is 1. The zero-order valence-corrected chi connectivity index (χ0v) is 12.9. The van der Waals surface area contributed by atoms with E-state index in [4.69, 9.17) is 17.3 Å². The summed E-state index contributed by atoms with van der Waals surface area (Å²) in [5.41, 5.74) is 8.34. The smallest absolute Gasteiger partial charge is 0.0406 e. The molecular weight excluding hydrogens is 276 g/mol. The van der Waals surface area contributed by atoms with E-state index >= 15 is 0 Å². The molecule has 2 N–H and O–H groups in total. The minimum atomic E-state index is 0.631. The van der Waals surface area contributed by atoms with Crippen LogP contribution in [0.3, 0.4) is 0 Å². The van der Waals surface area contributed by atoms with E-state index in [-0.39, 0.29) is 0 Å². The van der Waals surface area contributed by atoms with E-state index in [1.54, 1.807) is 11.3 Å². The highest BCUT2D eigenvalue weighted by atomic mass is 35.5. The molecule has 0 aliphatic rings. The van der Waals surface area contributed by atoms with Crippen LogP contribution in [0.1, 0.15) is 20.9 Å². The lowest BCUT2D eigenvalue weighted by molar-refractivity contribution is 0.319. The summed E-state index contributed by atoms with van der Waals surface area (Å²) in [4.78, 5) is 4.93. The predicted molar refractivity (Wildman–Crippen MR) is 83.6 cm³/mol. The Morgan fingerprint density at radius 2 is 1.89 bits per heavy atom. The van der Waals surface area contributed by atoms with Crippen LogP contribution in [0, 0.1) is 6.92 Å². The molecule has 2 nitrogen and oxygen atoms in total. The molecule has 0 spiro atoms. The fourth-order valence-corrected chi connectivity index (χ4v) is 3.15. The largest absolute Gasteiger partial charge is 0.326 e. The van der Waals surface area contributed by atoms with Crippen molar-refractivity contribution in [2.45, 2.75) is 26.6 Å². The second kappa shape index (κ2) is 6.53. The molecule has 0 bridgehead atoms. The summed E-state index contributed by atoms with van der Waals surface area (Å²) in [6.07, 6.45) is 0. The molecule has 0 fully saturated rings. The summed E-state index contributed by atoms with van der Waals surface area (Å²) >= 11 is 7.69. The first-order valence-electron chi connectivity index (χ1n) is 6.29. The Bertz CT molecular complexity index is 534. The van der Waals surface area contributed by atoms with E-state index in [9.17, 15) is 0 Å². The molecule has 0 aliphatic heterocycles. The topological polar surface area (TPSA) is 29.3 Å². The van der Waals surface area contributed by atoms with Gasteiger partial charge in [-0.1, -0.05) is 23.7 Å². The Morgan fingerprint density at radius 3 is 2.47 bits per heavy atom. The normalized spacial score (nSPS) is 11.2. The first-order valence-corrected chi connectivity index (χ1v) is 7.49. The number of nitrogens with two attached hydrogens (primary N) is 1. The minimum Gasteiger partial charge on any atom is -0.326 e. The number of nitrogens with zero attached hydrogens (tertiary/aromatic N) is 1. The summed E-state index contributed by atoms with van der Waals surface area (Å²) in [5, 5.41) is 0.785. The molecule has 1 aromatic carbocycles. The first-order chi connectivity index (χ1) is 9.08. The van der Waals surface area contributed by atoms with Gasteiger partial charge in [-0.05, 0) is 43.3 Å². The lowest BCUT2D eigenvalue weighted by atomic mass is 10.2. The van der Waals surface area contributed by atoms with Crippen LogP contribution in [0.5, 0.6) is 0 Å². The van der Waals surface area contributed by atoms with Gasteiger partial charge in [0.1, 0.15) is 0 Å². The summed E-state index contributed by atoms with van der Waals surface area (Å²) < 4.78 is 0. The summed E-state index contributed by atoms with van der Waals surface area (Å²) in [6.45, 7) is 4.66. The van der Waals surface area contributed by atoms with Gasteiger partial charge >= 0.3 is 0 Å². The van der Waals surface area contributed by atoms with Crippen LogP contribution >= 0.6 is 22.9 Å². The fourth-order valence-electron chi connectivity index (χ4n) is 2.09. The molecule has 102 valence electrons. The SMILES string of the molecule is Cc1sc(CN)cc1CN(C)Cc1ccc(Cl)cc1. The highest BCUT2D eigenvalue weighted by Gasteiger charge is 2.08. The quantitative estimate of drug-likeness (QED) is 0.909. The third-order valence-electron chi connectivity index (χ3n) is 3.08. The van der Waals surface area contributed by atoms with Gasteiger partial charge in [-0.2, -0.15) is 0 Å². The summed E-state index contributed by atoms with van der Waals surface area (Å²) in [7, 11) is 2.13. The molecule has 0 radical (unpaired) electrons. The van der Waals surface area contributed by atoms with E-state index < -0.39 is 0 Å². The van der Waals surface area contributed by atoms with Crippen molar-refractivity contribution < 1.29 is 0 Å². The van der Waals surface area contributed by atoms with E-state index in [1.165, 1.54) is 20.9 Å². The molecule has 2 aromatic rings. The monoisotopic (exact) mass is 294 g/mol. The van der Waals surface area contributed by atoms with Crippen LogP contribution in [0.4, 0.5) is 0 Å². The van der Waals surface area contributed by atoms with Crippen molar-refractivity contribution in [3.05, 3.63) is 56.2 Å². The summed E-state index contributed by atoms with van der Waals surface area (Å²) in [6, 6.07) is 10.2. The maximum atomic E-state index is 5.89. The van der Waals surface area contributed by atoms with Crippen molar-refractivity contribution in [1.29, 1.82) is 0 Å². The molecule has 2 rings (SSSR count). The van der Waals surface area contributed by atoms with E-state index in [1.807, 2.05) is 12.1 Å².